The normalized spacial score (nSPS) is 23.1. The SMILES string of the molecule is CCCNCc1cccc(N2CC(C)OCC2CC)n1. The Hall–Kier alpha value is -1.13. The lowest BCUT2D eigenvalue weighted by Crippen LogP contribution is -2.49. The van der Waals surface area contributed by atoms with E-state index >= 15 is 0 Å². The quantitative estimate of drug-likeness (QED) is 0.811. The number of rotatable bonds is 6. The average molecular weight is 277 g/mol. The van der Waals surface area contributed by atoms with E-state index in [0.717, 1.165) is 50.6 Å². The lowest BCUT2D eigenvalue weighted by atomic mass is 10.1. The number of hydrogen-bond donors (Lipinski definition) is 1. The number of morpholine rings is 1. The summed E-state index contributed by atoms with van der Waals surface area (Å²) in [5.41, 5.74) is 1.12. The Morgan fingerprint density at radius 2 is 2.25 bits per heavy atom. The van der Waals surface area contributed by atoms with E-state index in [-0.39, 0.29) is 6.10 Å². The number of anilines is 1. The molecule has 112 valence electrons. The molecule has 2 heterocycles. The van der Waals surface area contributed by atoms with Crippen LogP contribution in [0.3, 0.4) is 0 Å². The molecule has 0 saturated carbocycles. The van der Waals surface area contributed by atoms with Gasteiger partial charge in [-0.25, -0.2) is 4.98 Å². The largest absolute Gasteiger partial charge is 0.375 e. The van der Waals surface area contributed by atoms with Crippen molar-refractivity contribution in [1.82, 2.24) is 10.3 Å². The van der Waals surface area contributed by atoms with Crippen LogP contribution in [0.25, 0.3) is 0 Å². The zero-order valence-electron chi connectivity index (χ0n) is 12.9. The number of pyridine rings is 1. The van der Waals surface area contributed by atoms with Crippen molar-refractivity contribution in [2.75, 3.05) is 24.6 Å². The molecule has 4 heteroatoms. The highest BCUT2D eigenvalue weighted by molar-refractivity contribution is 5.41. The van der Waals surface area contributed by atoms with E-state index in [0.29, 0.717) is 6.04 Å². The summed E-state index contributed by atoms with van der Waals surface area (Å²) in [6.07, 6.45) is 2.52. The van der Waals surface area contributed by atoms with Gasteiger partial charge in [0, 0.05) is 13.1 Å². The van der Waals surface area contributed by atoms with Crippen LogP contribution in [-0.4, -0.2) is 36.8 Å². The third kappa shape index (κ3) is 3.93. The van der Waals surface area contributed by atoms with E-state index in [1.165, 1.54) is 0 Å². The van der Waals surface area contributed by atoms with Crippen molar-refractivity contribution in [1.29, 1.82) is 0 Å². The second-order valence-electron chi connectivity index (χ2n) is 5.52. The Bertz CT molecular complexity index is 410. The molecule has 1 aromatic rings. The molecule has 2 atom stereocenters. The van der Waals surface area contributed by atoms with Gasteiger partial charge in [0.15, 0.2) is 0 Å². The minimum absolute atomic E-state index is 0.279. The number of aromatic nitrogens is 1. The predicted molar refractivity (Wildman–Crippen MR) is 83.1 cm³/mol. The molecule has 1 aliphatic heterocycles. The topological polar surface area (TPSA) is 37.4 Å². The van der Waals surface area contributed by atoms with Gasteiger partial charge in [0.25, 0.3) is 0 Å². The summed E-state index contributed by atoms with van der Waals surface area (Å²) < 4.78 is 5.76. The van der Waals surface area contributed by atoms with E-state index < -0.39 is 0 Å². The van der Waals surface area contributed by atoms with Gasteiger partial charge in [-0.05, 0) is 38.4 Å². The fourth-order valence-electron chi connectivity index (χ4n) is 2.58. The Labute approximate surface area is 122 Å². The maximum atomic E-state index is 5.76. The van der Waals surface area contributed by atoms with Crippen molar-refractivity contribution in [2.24, 2.45) is 0 Å². The van der Waals surface area contributed by atoms with Gasteiger partial charge in [-0.1, -0.05) is 19.9 Å². The Morgan fingerprint density at radius 3 is 3.00 bits per heavy atom. The van der Waals surface area contributed by atoms with Crippen molar-refractivity contribution in [3.05, 3.63) is 23.9 Å². The number of nitrogens with one attached hydrogen (secondary N) is 1. The van der Waals surface area contributed by atoms with Crippen LogP contribution in [0.2, 0.25) is 0 Å². The summed E-state index contributed by atoms with van der Waals surface area (Å²) >= 11 is 0. The minimum atomic E-state index is 0.279. The molecule has 1 N–H and O–H groups in total. The molecule has 2 unspecified atom stereocenters. The third-order valence-electron chi connectivity index (χ3n) is 3.76. The Balaban J connectivity index is 2.07. The van der Waals surface area contributed by atoms with Crippen LogP contribution >= 0.6 is 0 Å². The molecule has 0 amide bonds. The molecule has 1 aliphatic rings. The molecule has 4 nitrogen and oxygen atoms in total. The van der Waals surface area contributed by atoms with Gasteiger partial charge in [-0.3, -0.25) is 0 Å². The van der Waals surface area contributed by atoms with E-state index in [2.05, 4.69) is 49.2 Å². The fourth-order valence-corrected chi connectivity index (χ4v) is 2.58. The molecule has 1 saturated heterocycles. The average Bonchev–Trinajstić information content (AvgIpc) is 2.48. The van der Waals surface area contributed by atoms with E-state index in [4.69, 9.17) is 9.72 Å². The van der Waals surface area contributed by atoms with Crippen molar-refractivity contribution in [3.8, 4) is 0 Å². The van der Waals surface area contributed by atoms with Gasteiger partial charge in [0.05, 0.1) is 24.4 Å². The molecule has 0 bridgehead atoms. The summed E-state index contributed by atoms with van der Waals surface area (Å²) in [7, 11) is 0. The van der Waals surface area contributed by atoms with Crippen molar-refractivity contribution < 1.29 is 4.74 Å². The van der Waals surface area contributed by atoms with E-state index in [1.54, 1.807) is 0 Å². The highest BCUT2D eigenvalue weighted by Gasteiger charge is 2.26. The van der Waals surface area contributed by atoms with Crippen LogP contribution in [0.1, 0.15) is 39.3 Å². The lowest BCUT2D eigenvalue weighted by molar-refractivity contribution is 0.0296. The second kappa shape index (κ2) is 7.60. The maximum Gasteiger partial charge on any atom is 0.129 e. The molecular weight excluding hydrogens is 250 g/mol. The van der Waals surface area contributed by atoms with Crippen LogP contribution in [0.4, 0.5) is 5.82 Å². The number of hydrogen-bond acceptors (Lipinski definition) is 4. The zero-order valence-corrected chi connectivity index (χ0v) is 12.9. The summed E-state index contributed by atoms with van der Waals surface area (Å²) in [5, 5.41) is 3.41. The predicted octanol–water partition coefficient (Wildman–Crippen LogP) is 2.58. The summed E-state index contributed by atoms with van der Waals surface area (Å²) in [4.78, 5) is 7.21. The molecule has 1 fully saturated rings. The second-order valence-corrected chi connectivity index (χ2v) is 5.52. The van der Waals surface area contributed by atoms with Crippen molar-refractivity contribution >= 4 is 5.82 Å². The van der Waals surface area contributed by atoms with Crippen molar-refractivity contribution in [3.63, 3.8) is 0 Å². The van der Waals surface area contributed by atoms with Gasteiger partial charge in [0.1, 0.15) is 5.82 Å². The summed E-state index contributed by atoms with van der Waals surface area (Å²) in [6, 6.07) is 6.76. The smallest absolute Gasteiger partial charge is 0.129 e. The molecule has 20 heavy (non-hydrogen) atoms. The van der Waals surface area contributed by atoms with Crippen LogP contribution in [-0.2, 0) is 11.3 Å². The van der Waals surface area contributed by atoms with Gasteiger partial charge in [-0.15, -0.1) is 0 Å². The fraction of sp³-hybridized carbons (Fsp3) is 0.688. The van der Waals surface area contributed by atoms with Crippen LogP contribution in [0, 0.1) is 0 Å². The minimum Gasteiger partial charge on any atom is -0.375 e. The zero-order chi connectivity index (χ0) is 14.4. The van der Waals surface area contributed by atoms with Gasteiger partial charge in [-0.2, -0.15) is 0 Å². The monoisotopic (exact) mass is 277 g/mol. The number of nitrogens with zero attached hydrogens (tertiary/aromatic N) is 2. The molecule has 0 spiro atoms. The highest BCUT2D eigenvalue weighted by atomic mass is 16.5. The first-order chi connectivity index (χ1) is 9.74. The van der Waals surface area contributed by atoms with Gasteiger partial charge < -0.3 is 15.0 Å². The summed E-state index contributed by atoms with van der Waals surface area (Å²) in [6.45, 7) is 10.1. The Kier molecular flexibility index (Phi) is 5.80. The van der Waals surface area contributed by atoms with Gasteiger partial charge >= 0.3 is 0 Å². The molecule has 0 aromatic carbocycles. The highest BCUT2D eigenvalue weighted by Crippen LogP contribution is 2.21. The van der Waals surface area contributed by atoms with Crippen LogP contribution in [0.15, 0.2) is 18.2 Å². The Morgan fingerprint density at radius 1 is 1.40 bits per heavy atom. The van der Waals surface area contributed by atoms with Crippen LogP contribution in [0.5, 0.6) is 0 Å². The van der Waals surface area contributed by atoms with Crippen LogP contribution < -0.4 is 10.2 Å². The lowest BCUT2D eigenvalue weighted by Gasteiger charge is -2.39. The first-order valence-electron chi connectivity index (χ1n) is 7.79. The third-order valence-corrected chi connectivity index (χ3v) is 3.76. The molecule has 1 aromatic heterocycles. The molecule has 0 aliphatic carbocycles. The van der Waals surface area contributed by atoms with Gasteiger partial charge in [0.2, 0.25) is 0 Å². The maximum absolute atomic E-state index is 5.76. The first-order valence-corrected chi connectivity index (χ1v) is 7.79. The molecular formula is C16H27N3O. The first kappa shape index (κ1) is 15.3. The van der Waals surface area contributed by atoms with Crippen molar-refractivity contribution in [2.45, 2.75) is 52.3 Å². The van der Waals surface area contributed by atoms with E-state index in [9.17, 15) is 0 Å². The molecule has 2 rings (SSSR count). The summed E-state index contributed by atoms with van der Waals surface area (Å²) in [5.74, 6) is 1.09. The molecule has 0 radical (unpaired) electrons. The number of ether oxygens (including phenoxy) is 1. The van der Waals surface area contributed by atoms with E-state index in [1.807, 2.05) is 0 Å². The standard InChI is InChI=1S/C16H27N3O/c1-4-9-17-10-14-7-6-8-16(18-14)19-11-13(3)20-12-15(19)5-2/h6-8,13,15,17H,4-5,9-12H2,1-3H3.